The third kappa shape index (κ3) is 3.01. The number of anilines is 1. The summed E-state index contributed by atoms with van der Waals surface area (Å²) in [6.07, 6.45) is 0. The van der Waals surface area contributed by atoms with Crippen molar-refractivity contribution in [2.75, 3.05) is 12.1 Å². The molecule has 0 unspecified atom stereocenters. The van der Waals surface area contributed by atoms with Crippen molar-refractivity contribution in [2.45, 2.75) is 20.4 Å². The van der Waals surface area contributed by atoms with Crippen molar-refractivity contribution in [3.05, 3.63) is 59.8 Å². The lowest BCUT2D eigenvalue weighted by Crippen LogP contribution is -2.17. The van der Waals surface area contributed by atoms with Gasteiger partial charge in [0.05, 0.1) is 5.69 Å². The maximum absolute atomic E-state index is 12.7. The highest BCUT2D eigenvalue weighted by Crippen LogP contribution is 2.35. The molecule has 1 aliphatic rings. The van der Waals surface area contributed by atoms with Crippen molar-refractivity contribution in [1.82, 2.24) is 9.78 Å². The summed E-state index contributed by atoms with van der Waals surface area (Å²) < 4.78 is 12.5. The van der Waals surface area contributed by atoms with E-state index < -0.39 is 0 Å². The molecule has 1 aliphatic heterocycles. The van der Waals surface area contributed by atoms with Crippen LogP contribution in [0.25, 0.3) is 11.3 Å². The molecule has 132 valence electrons. The van der Waals surface area contributed by atoms with E-state index in [0.29, 0.717) is 18.0 Å². The number of ether oxygens (including phenoxy) is 2. The van der Waals surface area contributed by atoms with E-state index in [1.807, 2.05) is 56.3 Å². The standard InChI is InChI=1S/C20H19N3O3/c1-3-23-17(20(24)21-15-6-4-5-13(2)9-15)11-16(22-23)14-7-8-18-19(10-14)26-12-25-18/h4-11H,3,12H2,1-2H3,(H,21,24). The van der Waals surface area contributed by atoms with Crippen LogP contribution in [0.5, 0.6) is 11.5 Å². The largest absolute Gasteiger partial charge is 0.454 e. The average molecular weight is 349 g/mol. The fourth-order valence-electron chi connectivity index (χ4n) is 2.96. The SMILES string of the molecule is CCn1nc(-c2ccc3c(c2)OCO3)cc1C(=O)Nc1cccc(C)c1. The first-order valence-corrected chi connectivity index (χ1v) is 8.50. The normalized spacial score (nSPS) is 12.2. The Morgan fingerprint density at radius 1 is 1.15 bits per heavy atom. The predicted octanol–water partition coefficient (Wildman–Crippen LogP) is 3.86. The van der Waals surface area contributed by atoms with Crippen LogP contribution in [-0.2, 0) is 6.54 Å². The van der Waals surface area contributed by atoms with Crippen LogP contribution in [0.3, 0.4) is 0 Å². The summed E-state index contributed by atoms with van der Waals surface area (Å²) in [5.74, 6) is 1.23. The summed E-state index contributed by atoms with van der Waals surface area (Å²) in [5, 5.41) is 7.50. The van der Waals surface area contributed by atoms with Crippen molar-refractivity contribution in [3.63, 3.8) is 0 Å². The quantitative estimate of drug-likeness (QED) is 0.777. The molecule has 0 fully saturated rings. The maximum Gasteiger partial charge on any atom is 0.273 e. The van der Waals surface area contributed by atoms with Crippen molar-refractivity contribution >= 4 is 11.6 Å². The molecule has 1 amide bonds. The third-order valence-corrected chi connectivity index (χ3v) is 4.26. The van der Waals surface area contributed by atoms with Gasteiger partial charge in [0.25, 0.3) is 5.91 Å². The van der Waals surface area contributed by atoms with Crippen molar-refractivity contribution in [3.8, 4) is 22.8 Å². The van der Waals surface area contributed by atoms with Crippen LogP contribution in [0.1, 0.15) is 23.0 Å². The molecule has 0 spiro atoms. The molecule has 0 atom stereocenters. The summed E-state index contributed by atoms with van der Waals surface area (Å²) in [4.78, 5) is 12.7. The first-order chi connectivity index (χ1) is 12.6. The summed E-state index contributed by atoms with van der Waals surface area (Å²) >= 11 is 0. The van der Waals surface area contributed by atoms with Gasteiger partial charge in [0.15, 0.2) is 11.5 Å². The smallest absolute Gasteiger partial charge is 0.273 e. The van der Waals surface area contributed by atoms with E-state index in [4.69, 9.17) is 9.47 Å². The molecule has 6 heteroatoms. The fraction of sp³-hybridized carbons (Fsp3) is 0.200. The fourth-order valence-corrected chi connectivity index (χ4v) is 2.96. The Hall–Kier alpha value is -3.28. The summed E-state index contributed by atoms with van der Waals surface area (Å²) in [5.41, 5.74) is 3.98. The van der Waals surface area contributed by atoms with E-state index in [1.165, 1.54) is 0 Å². The lowest BCUT2D eigenvalue weighted by atomic mass is 10.1. The van der Waals surface area contributed by atoms with Gasteiger partial charge in [-0.3, -0.25) is 9.48 Å². The van der Waals surface area contributed by atoms with Crippen LogP contribution < -0.4 is 14.8 Å². The van der Waals surface area contributed by atoms with E-state index in [0.717, 1.165) is 28.3 Å². The minimum atomic E-state index is -0.183. The number of benzene rings is 2. The second-order valence-electron chi connectivity index (χ2n) is 6.12. The molecule has 1 aromatic heterocycles. The zero-order chi connectivity index (χ0) is 18.1. The third-order valence-electron chi connectivity index (χ3n) is 4.26. The molecule has 6 nitrogen and oxygen atoms in total. The number of fused-ring (bicyclic) bond motifs is 1. The van der Waals surface area contributed by atoms with Gasteiger partial charge < -0.3 is 14.8 Å². The number of nitrogens with one attached hydrogen (secondary N) is 1. The van der Waals surface area contributed by atoms with Gasteiger partial charge in [0.2, 0.25) is 6.79 Å². The lowest BCUT2D eigenvalue weighted by molar-refractivity contribution is 0.101. The molecule has 2 aromatic carbocycles. The minimum absolute atomic E-state index is 0.183. The highest BCUT2D eigenvalue weighted by atomic mass is 16.7. The molecule has 0 radical (unpaired) electrons. The van der Waals surface area contributed by atoms with Crippen LogP contribution >= 0.6 is 0 Å². The Morgan fingerprint density at radius 3 is 2.81 bits per heavy atom. The molecule has 1 N–H and O–H groups in total. The zero-order valence-corrected chi connectivity index (χ0v) is 14.7. The van der Waals surface area contributed by atoms with Gasteiger partial charge in [-0.1, -0.05) is 12.1 Å². The monoisotopic (exact) mass is 349 g/mol. The number of nitrogens with zero attached hydrogens (tertiary/aromatic N) is 2. The predicted molar refractivity (Wildman–Crippen MR) is 98.6 cm³/mol. The number of carbonyl (C=O) groups is 1. The highest BCUT2D eigenvalue weighted by Gasteiger charge is 2.19. The van der Waals surface area contributed by atoms with Crippen LogP contribution in [0, 0.1) is 6.92 Å². The van der Waals surface area contributed by atoms with Gasteiger partial charge in [-0.05, 0) is 55.8 Å². The second kappa shape index (κ2) is 6.55. The van der Waals surface area contributed by atoms with Crippen molar-refractivity contribution in [1.29, 1.82) is 0 Å². The van der Waals surface area contributed by atoms with Gasteiger partial charge >= 0.3 is 0 Å². The number of hydrogen-bond donors (Lipinski definition) is 1. The van der Waals surface area contributed by atoms with E-state index in [2.05, 4.69) is 10.4 Å². The van der Waals surface area contributed by atoms with E-state index in [9.17, 15) is 4.79 Å². The van der Waals surface area contributed by atoms with Crippen molar-refractivity contribution in [2.24, 2.45) is 0 Å². The van der Waals surface area contributed by atoms with E-state index >= 15 is 0 Å². The molecular weight excluding hydrogens is 330 g/mol. The number of carbonyl (C=O) groups excluding carboxylic acids is 1. The number of aromatic nitrogens is 2. The Kier molecular flexibility index (Phi) is 4.08. The molecule has 0 saturated heterocycles. The van der Waals surface area contributed by atoms with Gasteiger partial charge in [-0.15, -0.1) is 0 Å². The molecule has 26 heavy (non-hydrogen) atoms. The Bertz CT molecular complexity index is 978. The number of amides is 1. The number of aryl methyl sites for hydroxylation is 2. The van der Waals surface area contributed by atoms with E-state index in [1.54, 1.807) is 10.7 Å². The molecule has 0 bridgehead atoms. The maximum atomic E-state index is 12.7. The minimum Gasteiger partial charge on any atom is -0.454 e. The van der Waals surface area contributed by atoms with Crippen LogP contribution in [0.15, 0.2) is 48.5 Å². The second-order valence-corrected chi connectivity index (χ2v) is 6.12. The molecule has 0 aliphatic carbocycles. The van der Waals surface area contributed by atoms with Gasteiger partial charge in [-0.2, -0.15) is 5.10 Å². The average Bonchev–Trinajstić information content (AvgIpc) is 3.27. The van der Waals surface area contributed by atoms with E-state index in [-0.39, 0.29) is 12.7 Å². The Balaban J connectivity index is 1.64. The number of hydrogen-bond acceptors (Lipinski definition) is 4. The summed E-state index contributed by atoms with van der Waals surface area (Å²) in [7, 11) is 0. The van der Waals surface area contributed by atoms with Gasteiger partial charge in [0.1, 0.15) is 5.69 Å². The van der Waals surface area contributed by atoms with Gasteiger partial charge in [-0.25, -0.2) is 0 Å². The Morgan fingerprint density at radius 2 is 2.00 bits per heavy atom. The van der Waals surface area contributed by atoms with Gasteiger partial charge in [0, 0.05) is 17.8 Å². The van der Waals surface area contributed by atoms with Crippen LogP contribution in [0.4, 0.5) is 5.69 Å². The zero-order valence-electron chi connectivity index (χ0n) is 14.7. The molecule has 0 saturated carbocycles. The van der Waals surface area contributed by atoms with Crippen LogP contribution in [0.2, 0.25) is 0 Å². The molecule has 3 aromatic rings. The summed E-state index contributed by atoms with van der Waals surface area (Å²) in [6, 6.07) is 15.2. The number of rotatable bonds is 4. The molecular formula is C20H19N3O3. The summed E-state index contributed by atoms with van der Waals surface area (Å²) in [6.45, 7) is 4.77. The topological polar surface area (TPSA) is 65.4 Å². The van der Waals surface area contributed by atoms with Crippen molar-refractivity contribution < 1.29 is 14.3 Å². The molecule has 2 heterocycles. The highest BCUT2D eigenvalue weighted by molar-refractivity contribution is 6.03. The first kappa shape index (κ1) is 16.2. The molecule has 4 rings (SSSR count). The lowest BCUT2D eigenvalue weighted by Gasteiger charge is -2.07. The first-order valence-electron chi connectivity index (χ1n) is 8.50. The van der Waals surface area contributed by atoms with Crippen LogP contribution in [-0.4, -0.2) is 22.5 Å². The Labute approximate surface area is 151 Å².